The number of benzene rings is 1. The van der Waals surface area contributed by atoms with Crippen molar-refractivity contribution in [3.05, 3.63) is 34.7 Å². The van der Waals surface area contributed by atoms with E-state index in [1.807, 2.05) is 5.38 Å². The Balaban J connectivity index is 1.85. The van der Waals surface area contributed by atoms with Gasteiger partial charge in [0.15, 0.2) is 0 Å². The number of nitrogens with zero attached hydrogens (tertiary/aromatic N) is 1. The smallest absolute Gasteiger partial charge is 0.387 e. The minimum atomic E-state index is -2.85. The molecule has 7 heteroatoms. The van der Waals surface area contributed by atoms with Crippen molar-refractivity contribution in [3.8, 4) is 17.0 Å². The first-order valence-electron chi connectivity index (χ1n) is 6.56. The van der Waals surface area contributed by atoms with Gasteiger partial charge in [0.1, 0.15) is 16.9 Å². The number of alkyl halides is 2. The van der Waals surface area contributed by atoms with Crippen molar-refractivity contribution in [1.29, 1.82) is 0 Å². The van der Waals surface area contributed by atoms with Crippen LogP contribution < -0.4 is 10.1 Å². The number of thiazole rings is 1. The first kappa shape index (κ1) is 14.4. The molecule has 21 heavy (non-hydrogen) atoms. The summed E-state index contributed by atoms with van der Waals surface area (Å²) in [7, 11) is 0. The van der Waals surface area contributed by atoms with Crippen LogP contribution in [-0.4, -0.2) is 31.3 Å². The molecule has 1 unspecified atom stereocenters. The summed E-state index contributed by atoms with van der Waals surface area (Å²) in [5, 5.41) is 5.91. The van der Waals surface area contributed by atoms with Gasteiger partial charge in [0.2, 0.25) is 0 Å². The molecule has 1 aliphatic rings. The molecule has 1 N–H and O–H groups in total. The van der Waals surface area contributed by atoms with Gasteiger partial charge in [-0.25, -0.2) is 4.98 Å². The number of ether oxygens (including phenoxy) is 2. The standard InChI is InChI=1S/C14H14F2N2O2S/c15-14(16)20-11-4-2-1-3-9(11)10-8-21-13(18-10)12-7-17-5-6-19-12/h1-4,8,12,14,17H,5-7H2. The van der Waals surface area contributed by atoms with Crippen molar-refractivity contribution in [2.75, 3.05) is 19.7 Å². The van der Waals surface area contributed by atoms with E-state index in [9.17, 15) is 8.78 Å². The molecule has 1 aromatic carbocycles. The zero-order chi connectivity index (χ0) is 14.7. The molecule has 112 valence electrons. The normalized spacial score (nSPS) is 18.9. The molecule has 0 radical (unpaired) electrons. The Morgan fingerprint density at radius 3 is 3.00 bits per heavy atom. The number of morpholine rings is 1. The Morgan fingerprint density at radius 1 is 1.38 bits per heavy atom. The SMILES string of the molecule is FC(F)Oc1ccccc1-c1csc(C2CNCCO2)n1. The highest BCUT2D eigenvalue weighted by Gasteiger charge is 2.20. The molecule has 2 heterocycles. The number of aromatic nitrogens is 1. The fourth-order valence-electron chi connectivity index (χ4n) is 2.16. The second-order valence-corrected chi connectivity index (χ2v) is 5.40. The van der Waals surface area contributed by atoms with Crippen molar-refractivity contribution >= 4 is 11.3 Å². The Kier molecular flexibility index (Phi) is 4.42. The van der Waals surface area contributed by atoms with Crippen LogP contribution >= 0.6 is 11.3 Å². The third kappa shape index (κ3) is 3.37. The number of nitrogens with one attached hydrogen (secondary N) is 1. The molecule has 0 aliphatic carbocycles. The summed E-state index contributed by atoms with van der Waals surface area (Å²) in [6.07, 6.45) is -0.0827. The highest BCUT2D eigenvalue weighted by Crippen LogP contribution is 2.33. The summed E-state index contributed by atoms with van der Waals surface area (Å²) < 4.78 is 35.1. The monoisotopic (exact) mass is 312 g/mol. The number of hydrogen-bond acceptors (Lipinski definition) is 5. The molecule has 1 saturated heterocycles. The lowest BCUT2D eigenvalue weighted by atomic mass is 10.1. The molecule has 1 aromatic heterocycles. The summed E-state index contributed by atoms with van der Waals surface area (Å²) in [5.41, 5.74) is 1.18. The molecule has 0 bridgehead atoms. The van der Waals surface area contributed by atoms with Gasteiger partial charge >= 0.3 is 6.61 Å². The van der Waals surface area contributed by atoms with Crippen molar-refractivity contribution in [1.82, 2.24) is 10.3 Å². The van der Waals surface area contributed by atoms with E-state index in [0.717, 1.165) is 11.6 Å². The van der Waals surface area contributed by atoms with Gasteiger partial charge in [-0.3, -0.25) is 0 Å². The second kappa shape index (κ2) is 6.46. The molecule has 0 spiro atoms. The summed E-state index contributed by atoms with van der Waals surface area (Å²) >= 11 is 1.46. The molecule has 1 atom stereocenters. The quantitative estimate of drug-likeness (QED) is 0.942. The van der Waals surface area contributed by atoms with Gasteiger partial charge in [-0.15, -0.1) is 11.3 Å². The third-order valence-electron chi connectivity index (χ3n) is 3.10. The van der Waals surface area contributed by atoms with Gasteiger partial charge in [0.25, 0.3) is 0 Å². The van der Waals surface area contributed by atoms with Crippen LogP contribution in [0.2, 0.25) is 0 Å². The van der Waals surface area contributed by atoms with Gasteiger partial charge in [0, 0.05) is 24.0 Å². The van der Waals surface area contributed by atoms with Crippen LogP contribution in [0.15, 0.2) is 29.6 Å². The lowest BCUT2D eigenvalue weighted by Crippen LogP contribution is -2.33. The minimum Gasteiger partial charge on any atom is -0.434 e. The van der Waals surface area contributed by atoms with E-state index < -0.39 is 6.61 Å². The largest absolute Gasteiger partial charge is 0.434 e. The summed E-state index contributed by atoms with van der Waals surface area (Å²) in [5.74, 6) is 0.132. The lowest BCUT2D eigenvalue weighted by Gasteiger charge is -2.21. The van der Waals surface area contributed by atoms with E-state index in [1.165, 1.54) is 17.4 Å². The maximum atomic E-state index is 12.4. The Bertz CT molecular complexity index is 600. The first-order valence-corrected chi connectivity index (χ1v) is 7.44. The molecule has 4 nitrogen and oxygen atoms in total. The minimum absolute atomic E-state index is 0.0827. The topological polar surface area (TPSA) is 43.4 Å². The first-order chi connectivity index (χ1) is 10.2. The predicted molar refractivity (Wildman–Crippen MR) is 75.7 cm³/mol. The van der Waals surface area contributed by atoms with E-state index in [-0.39, 0.29) is 11.9 Å². The third-order valence-corrected chi connectivity index (χ3v) is 4.04. The maximum absolute atomic E-state index is 12.4. The molecular formula is C14H14F2N2O2S. The van der Waals surface area contributed by atoms with E-state index >= 15 is 0 Å². The fourth-order valence-corrected chi connectivity index (χ4v) is 3.03. The van der Waals surface area contributed by atoms with Crippen LogP contribution in [0.3, 0.4) is 0 Å². The van der Waals surface area contributed by atoms with Crippen LogP contribution in [0.4, 0.5) is 8.78 Å². The molecule has 0 saturated carbocycles. The van der Waals surface area contributed by atoms with Crippen molar-refractivity contribution in [3.63, 3.8) is 0 Å². The molecule has 0 amide bonds. The van der Waals surface area contributed by atoms with Crippen LogP contribution in [0, 0.1) is 0 Å². The number of halogens is 2. The molecule has 1 fully saturated rings. The van der Waals surface area contributed by atoms with Crippen molar-refractivity contribution < 1.29 is 18.3 Å². The number of hydrogen-bond donors (Lipinski definition) is 1. The van der Waals surface area contributed by atoms with Crippen LogP contribution in [-0.2, 0) is 4.74 Å². The van der Waals surface area contributed by atoms with E-state index in [0.29, 0.717) is 24.4 Å². The van der Waals surface area contributed by atoms with Crippen LogP contribution in [0.25, 0.3) is 11.3 Å². The van der Waals surface area contributed by atoms with Gasteiger partial charge in [-0.05, 0) is 12.1 Å². The summed E-state index contributed by atoms with van der Waals surface area (Å²) in [6.45, 7) is -0.665. The summed E-state index contributed by atoms with van der Waals surface area (Å²) in [4.78, 5) is 4.50. The van der Waals surface area contributed by atoms with Gasteiger partial charge in [0.05, 0.1) is 12.3 Å². The summed E-state index contributed by atoms with van der Waals surface area (Å²) in [6, 6.07) is 6.66. The zero-order valence-electron chi connectivity index (χ0n) is 11.1. The lowest BCUT2D eigenvalue weighted by molar-refractivity contribution is -0.0494. The Hall–Kier alpha value is -1.57. The van der Waals surface area contributed by atoms with Gasteiger partial charge in [-0.2, -0.15) is 8.78 Å². The molecular weight excluding hydrogens is 298 g/mol. The highest BCUT2D eigenvalue weighted by atomic mass is 32.1. The van der Waals surface area contributed by atoms with Crippen LogP contribution in [0.5, 0.6) is 5.75 Å². The Morgan fingerprint density at radius 2 is 2.24 bits per heavy atom. The van der Waals surface area contributed by atoms with E-state index in [2.05, 4.69) is 15.0 Å². The highest BCUT2D eigenvalue weighted by molar-refractivity contribution is 7.10. The van der Waals surface area contributed by atoms with Gasteiger partial charge < -0.3 is 14.8 Å². The molecule has 2 aromatic rings. The zero-order valence-corrected chi connectivity index (χ0v) is 11.9. The average molecular weight is 312 g/mol. The molecule has 1 aliphatic heterocycles. The maximum Gasteiger partial charge on any atom is 0.387 e. The number of rotatable bonds is 4. The molecule has 3 rings (SSSR count). The van der Waals surface area contributed by atoms with Gasteiger partial charge in [-0.1, -0.05) is 12.1 Å². The predicted octanol–water partition coefficient (Wildman–Crippen LogP) is 3.07. The average Bonchev–Trinajstić information content (AvgIpc) is 2.98. The van der Waals surface area contributed by atoms with E-state index in [1.54, 1.807) is 18.2 Å². The van der Waals surface area contributed by atoms with E-state index in [4.69, 9.17) is 4.74 Å². The number of para-hydroxylation sites is 1. The van der Waals surface area contributed by atoms with Crippen molar-refractivity contribution in [2.45, 2.75) is 12.7 Å². The van der Waals surface area contributed by atoms with Crippen LogP contribution in [0.1, 0.15) is 11.1 Å². The fraction of sp³-hybridized carbons (Fsp3) is 0.357. The van der Waals surface area contributed by atoms with Crippen molar-refractivity contribution in [2.24, 2.45) is 0 Å². The second-order valence-electron chi connectivity index (χ2n) is 4.51. The Labute approximate surface area is 124 Å².